The van der Waals surface area contributed by atoms with Crippen molar-refractivity contribution in [3.05, 3.63) is 12.2 Å². The van der Waals surface area contributed by atoms with Crippen LogP contribution in [0.3, 0.4) is 0 Å². The van der Waals surface area contributed by atoms with E-state index in [9.17, 15) is 4.79 Å². The smallest absolute Gasteiger partial charge is 0.222 e. The molecule has 2 nitrogen and oxygen atoms in total. The van der Waals surface area contributed by atoms with E-state index in [1.54, 1.807) is 0 Å². The van der Waals surface area contributed by atoms with Gasteiger partial charge in [-0.1, -0.05) is 65.0 Å². The Labute approximate surface area is 138 Å². The number of unbranched alkanes of at least 4 members (excludes halogenated alkanes) is 5. The van der Waals surface area contributed by atoms with Crippen molar-refractivity contribution >= 4 is 5.91 Å². The molecule has 0 spiro atoms. The molecule has 1 aliphatic rings. The largest absolute Gasteiger partial charge is 0.339 e. The second-order valence-electron chi connectivity index (χ2n) is 7.04. The summed E-state index contributed by atoms with van der Waals surface area (Å²) >= 11 is 0. The van der Waals surface area contributed by atoms with Gasteiger partial charge in [0.15, 0.2) is 0 Å². The molecule has 0 aromatic carbocycles. The third-order valence-corrected chi connectivity index (χ3v) is 4.75. The first-order chi connectivity index (χ1) is 10.7. The summed E-state index contributed by atoms with van der Waals surface area (Å²) in [6.07, 6.45) is 17.4. The first-order valence-electron chi connectivity index (χ1n) is 9.63. The van der Waals surface area contributed by atoms with E-state index in [-0.39, 0.29) is 0 Å². The molecule has 1 amide bonds. The molecular formula is C20H37NO. The van der Waals surface area contributed by atoms with Crippen LogP contribution in [-0.2, 0) is 4.79 Å². The number of hydrogen-bond donors (Lipinski definition) is 0. The first-order valence-corrected chi connectivity index (χ1v) is 9.63. The number of carbonyl (C=O) groups is 1. The van der Waals surface area contributed by atoms with Crippen LogP contribution in [0.25, 0.3) is 0 Å². The van der Waals surface area contributed by atoms with Crippen molar-refractivity contribution < 1.29 is 4.79 Å². The minimum atomic E-state index is 0.403. The third kappa shape index (κ3) is 7.47. The van der Waals surface area contributed by atoms with Crippen molar-refractivity contribution in [2.45, 2.75) is 97.4 Å². The lowest BCUT2D eigenvalue weighted by Crippen LogP contribution is -2.35. The van der Waals surface area contributed by atoms with E-state index in [1.165, 1.54) is 44.9 Å². The fourth-order valence-electron chi connectivity index (χ4n) is 3.42. The standard InChI is InChI=1S/C20H37NO/c1-4-6-8-10-11-12-14-19-16-18(3)17-21(19)20(22)15-13-9-7-5-2/h10-11,18-19H,4-9,12-17H2,1-3H3/b11-10-/t18-,19?/m1/s1. The van der Waals surface area contributed by atoms with Gasteiger partial charge in [-0.25, -0.2) is 0 Å². The molecule has 1 saturated heterocycles. The Morgan fingerprint density at radius 1 is 1.05 bits per heavy atom. The van der Waals surface area contributed by atoms with Gasteiger partial charge in [-0.15, -0.1) is 0 Å². The third-order valence-electron chi connectivity index (χ3n) is 4.75. The molecule has 0 bridgehead atoms. The molecule has 1 heterocycles. The number of nitrogens with zero attached hydrogens (tertiary/aromatic N) is 1. The van der Waals surface area contributed by atoms with E-state index < -0.39 is 0 Å². The normalized spacial score (nSPS) is 21.9. The highest BCUT2D eigenvalue weighted by Crippen LogP contribution is 2.27. The zero-order valence-corrected chi connectivity index (χ0v) is 15.2. The van der Waals surface area contributed by atoms with Crippen LogP contribution in [0.2, 0.25) is 0 Å². The minimum Gasteiger partial charge on any atom is -0.339 e. The Balaban J connectivity index is 2.30. The van der Waals surface area contributed by atoms with Gasteiger partial charge in [0.05, 0.1) is 0 Å². The monoisotopic (exact) mass is 307 g/mol. The molecule has 1 fully saturated rings. The summed E-state index contributed by atoms with van der Waals surface area (Å²) < 4.78 is 0. The Hall–Kier alpha value is -0.790. The topological polar surface area (TPSA) is 20.3 Å². The molecule has 0 aromatic heterocycles. The zero-order valence-electron chi connectivity index (χ0n) is 15.2. The van der Waals surface area contributed by atoms with Gasteiger partial charge in [0, 0.05) is 19.0 Å². The van der Waals surface area contributed by atoms with E-state index in [0.29, 0.717) is 17.9 Å². The van der Waals surface area contributed by atoms with Crippen molar-refractivity contribution in [2.24, 2.45) is 5.92 Å². The summed E-state index contributed by atoms with van der Waals surface area (Å²) in [4.78, 5) is 14.6. The van der Waals surface area contributed by atoms with Crippen LogP contribution in [0.4, 0.5) is 0 Å². The lowest BCUT2D eigenvalue weighted by atomic mass is 10.0. The lowest BCUT2D eigenvalue weighted by Gasteiger charge is -2.24. The van der Waals surface area contributed by atoms with Gasteiger partial charge in [-0.05, 0) is 38.0 Å². The summed E-state index contributed by atoms with van der Waals surface area (Å²) in [5.41, 5.74) is 0. The van der Waals surface area contributed by atoms with Crippen LogP contribution < -0.4 is 0 Å². The van der Waals surface area contributed by atoms with Gasteiger partial charge in [0.2, 0.25) is 5.91 Å². The molecule has 0 saturated carbocycles. The molecule has 1 unspecified atom stereocenters. The van der Waals surface area contributed by atoms with Gasteiger partial charge >= 0.3 is 0 Å². The summed E-state index contributed by atoms with van der Waals surface area (Å²) in [5, 5.41) is 0. The molecule has 2 heteroatoms. The highest BCUT2D eigenvalue weighted by atomic mass is 16.2. The van der Waals surface area contributed by atoms with Crippen LogP contribution >= 0.6 is 0 Å². The van der Waals surface area contributed by atoms with Gasteiger partial charge < -0.3 is 4.90 Å². The van der Waals surface area contributed by atoms with Crippen molar-refractivity contribution in [1.29, 1.82) is 0 Å². The van der Waals surface area contributed by atoms with Crippen LogP contribution in [0.1, 0.15) is 91.4 Å². The Bertz CT molecular complexity index is 324. The van der Waals surface area contributed by atoms with E-state index in [1.807, 2.05) is 0 Å². The Kier molecular flexibility index (Phi) is 10.3. The van der Waals surface area contributed by atoms with Crippen LogP contribution in [0.5, 0.6) is 0 Å². The fraction of sp³-hybridized carbons (Fsp3) is 0.850. The maximum Gasteiger partial charge on any atom is 0.222 e. The second kappa shape index (κ2) is 11.7. The zero-order chi connectivity index (χ0) is 16.2. The van der Waals surface area contributed by atoms with E-state index >= 15 is 0 Å². The van der Waals surface area contributed by atoms with Gasteiger partial charge in [-0.2, -0.15) is 0 Å². The van der Waals surface area contributed by atoms with Gasteiger partial charge in [0.1, 0.15) is 0 Å². The molecule has 1 rings (SSSR count). The molecule has 0 N–H and O–H groups in total. The highest BCUT2D eigenvalue weighted by molar-refractivity contribution is 5.76. The van der Waals surface area contributed by atoms with Gasteiger partial charge in [0.25, 0.3) is 0 Å². The van der Waals surface area contributed by atoms with E-state index in [2.05, 4.69) is 37.8 Å². The van der Waals surface area contributed by atoms with Crippen molar-refractivity contribution in [1.82, 2.24) is 4.90 Å². The molecule has 0 radical (unpaired) electrons. The summed E-state index contributed by atoms with van der Waals surface area (Å²) in [6, 6.07) is 0.490. The predicted molar refractivity (Wildman–Crippen MR) is 95.9 cm³/mol. The number of likely N-dealkylation sites (tertiary alicyclic amines) is 1. The predicted octanol–water partition coefficient (Wildman–Crippen LogP) is 5.72. The quantitative estimate of drug-likeness (QED) is 0.353. The van der Waals surface area contributed by atoms with Crippen LogP contribution in [0.15, 0.2) is 12.2 Å². The van der Waals surface area contributed by atoms with E-state index in [0.717, 1.165) is 32.2 Å². The van der Waals surface area contributed by atoms with Crippen LogP contribution in [0, 0.1) is 5.92 Å². The average Bonchev–Trinajstić information content (AvgIpc) is 2.88. The first kappa shape index (κ1) is 19.3. The lowest BCUT2D eigenvalue weighted by molar-refractivity contribution is -0.132. The van der Waals surface area contributed by atoms with Crippen molar-refractivity contribution in [3.8, 4) is 0 Å². The molecule has 0 aliphatic carbocycles. The van der Waals surface area contributed by atoms with Crippen molar-refractivity contribution in [3.63, 3.8) is 0 Å². The van der Waals surface area contributed by atoms with E-state index in [4.69, 9.17) is 0 Å². The SMILES string of the molecule is CCCC/C=C\CCC1C[C@@H](C)CN1C(=O)CCCCCC. The molecular weight excluding hydrogens is 270 g/mol. The Morgan fingerprint density at radius 3 is 2.50 bits per heavy atom. The highest BCUT2D eigenvalue weighted by Gasteiger charge is 2.31. The van der Waals surface area contributed by atoms with Crippen LogP contribution in [-0.4, -0.2) is 23.4 Å². The maximum atomic E-state index is 12.4. The second-order valence-corrected chi connectivity index (χ2v) is 7.04. The number of hydrogen-bond acceptors (Lipinski definition) is 1. The average molecular weight is 308 g/mol. The number of rotatable bonds is 11. The minimum absolute atomic E-state index is 0.403. The molecule has 1 aliphatic heterocycles. The van der Waals surface area contributed by atoms with Crippen molar-refractivity contribution in [2.75, 3.05) is 6.54 Å². The number of carbonyl (C=O) groups excluding carboxylic acids is 1. The number of allylic oxidation sites excluding steroid dienone is 2. The summed E-state index contributed by atoms with van der Waals surface area (Å²) in [5.74, 6) is 1.08. The van der Waals surface area contributed by atoms with Gasteiger partial charge in [-0.3, -0.25) is 4.79 Å². The molecule has 22 heavy (non-hydrogen) atoms. The maximum absolute atomic E-state index is 12.4. The molecule has 0 aromatic rings. The summed E-state index contributed by atoms with van der Waals surface area (Å²) in [6.45, 7) is 7.72. The molecule has 128 valence electrons. The molecule has 2 atom stereocenters. The number of amides is 1. The fourth-order valence-corrected chi connectivity index (χ4v) is 3.42. The summed E-state index contributed by atoms with van der Waals surface area (Å²) in [7, 11) is 0. The Morgan fingerprint density at radius 2 is 1.77 bits per heavy atom.